The highest BCUT2D eigenvalue weighted by Gasteiger charge is 2.35. The maximum Gasteiger partial charge on any atom is 0.243 e. The molecule has 1 atom stereocenters. The van der Waals surface area contributed by atoms with Crippen LogP contribution in [-0.4, -0.2) is 45.8 Å². The lowest BCUT2D eigenvalue weighted by molar-refractivity contribution is -0.145. The lowest BCUT2D eigenvalue weighted by Crippen LogP contribution is -2.49. The van der Waals surface area contributed by atoms with Crippen molar-refractivity contribution in [3.63, 3.8) is 0 Å². The van der Waals surface area contributed by atoms with Crippen LogP contribution < -0.4 is 0 Å². The first-order chi connectivity index (χ1) is 13.6. The van der Waals surface area contributed by atoms with Crippen LogP contribution in [0.2, 0.25) is 5.02 Å². The molecule has 2 aromatic rings. The number of hydrogen-bond acceptors (Lipinski definition) is 2. The predicted octanol–water partition coefficient (Wildman–Crippen LogP) is 3.72. The van der Waals surface area contributed by atoms with Crippen LogP contribution in [0.3, 0.4) is 0 Å². The van der Waals surface area contributed by atoms with Gasteiger partial charge in [0.1, 0.15) is 0 Å². The zero-order valence-electron chi connectivity index (χ0n) is 16.2. The maximum absolute atomic E-state index is 13.3. The van der Waals surface area contributed by atoms with Gasteiger partial charge in [-0.2, -0.15) is 0 Å². The van der Waals surface area contributed by atoms with E-state index < -0.39 is 0 Å². The van der Waals surface area contributed by atoms with Gasteiger partial charge in [0, 0.05) is 42.5 Å². The van der Waals surface area contributed by atoms with Crippen LogP contribution in [0.15, 0.2) is 42.6 Å². The Bertz CT molecular complexity index is 857. The molecule has 0 radical (unpaired) electrons. The molecular weight excluding hydrogens is 374 g/mol. The molecule has 5 nitrogen and oxygen atoms in total. The van der Waals surface area contributed by atoms with E-state index in [-0.39, 0.29) is 30.3 Å². The molecule has 2 aliphatic rings. The summed E-state index contributed by atoms with van der Waals surface area (Å²) in [6, 6.07) is 11.6. The Balaban J connectivity index is 1.58. The topological polar surface area (TPSA) is 45.6 Å². The Hall–Kier alpha value is -2.27. The van der Waals surface area contributed by atoms with E-state index in [0.29, 0.717) is 18.1 Å². The third-order valence-electron chi connectivity index (χ3n) is 6.02. The Kier molecular flexibility index (Phi) is 5.44. The minimum atomic E-state index is -0.161. The van der Waals surface area contributed by atoms with Gasteiger partial charge in [-0.25, -0.2) is 0 Å². The van der Waals surface area contributed by atoms with Gasteiger partial charge in [0.25, 0.3) is 0 Å². The second kappa shape index (κ2) is 8.00. The van der Waals surface area contributed by atoms with Crippen LogP contribution in [0.4, 0.5) is 0 Å². The minimum absolute atomic E-state index is 0.00178. The molecule has 0 bridgehead atoms. The smallest absolute Gasteiger partial charge is 0.243 e. The number of benzene rings is 1. The summed E-state index contributed by atoms with van der Waals surface area (Å²) in [6.07, 6.45) is 5.07. The van der Waals surface area contributed by atoms with Gasteiger partial charge in [-0.1, -0.05) is 30.2 Å². The van der Waals surface area contributed by atoms with E-state index in [4.69, 9.17) is 11.6 Å². The number of carbonyl (C=O) groups is 2. The van der Waals surface area contributed by atoms with Gasteiger partial charge >= 0.3 is 0 Å². The number of halogens is 1. The molecule has 0 spiro atoms. The molecule has 1 unspecified atom stereocenters. The largest absolute Gasteiger partial charge is 0.348 e. The van der Waals surface area contributed by atoms with Crippen molar-refractivity contribution in [1.82, 2.24) is 14.4 Å². The molecular formula is C22H26ClN3O2. The van der Waals surface area contributed by atoms with Crippen molar-refractivity contribution >= 4 is 23.4 Å². The van der Waals surface area contributed by atoms with E-state index in [9.17, 15) is 9.59 Å². The number of fused-ring (bicyclic) bond motifs is 1. The fourth-order valence-electron chi connectivity index (χ4n) is 4.16. The van der Waals surface area contributed by atoms with Gasteiger partial charge in [0.05, 0.1) is 12.6 Å². The fourth-order valence-corrected chi connectivity index (χ4v) is 4.29. The van der Waals surface area contributed by atoms with E-state index in [1.807, 2.05) is 42.2 Å². The van der Waals surface area contributed by atoms with E-state index in [1.54, 1.807) is 4.90 Å². The van der Waals surface area contributed by atoms with Crippen LogP contribution in [-0.2, 0) is 16.1 Å². The van der Waals surface area contributed by atoms with Gasteiger partial charge in [-0.3, -0.25) is 9.59 Å². The minimum Gasteiger partial charge on any atom is -0.348 e. The SMILES string of the molecule is CCN(CC(=O)N1CCn2cccc2C1c1ccc(Cl)cc1)C(=O)C1CCC1. The standard InChI is InChI=1S/C22H26ClN3O2/c1-2-24(22(28)17-5-3-6-17)15-20(27)26-14-13-25-12-4-7-19(25)21(26)16-8-10-18(23)11-9-16/h4,7-12,17,21H,2-3,5-6,13-15H2,1H3. The van der Waals surface area contributed by atoms with Crippen molar-refractivity contribution in [3.8, 4) is 0 Å². The maximum atomic E-state index is 13.3. The normalized spacial score (nSPS) is 19.1. The lowest BCUT2D eigenvalue weighted by atomic mass is 9.84. The highest BCUT2D eigenvalue weighted by molar-refractivity contribution is 6.30. The van der Waals surface area contributed by atoms with Crippen molar-refractivity contribution in [2.45, 2.75) is 38.8 Å². The second-order valence-corrected chi connectivity index (χ2v) is 8.08. The Labute approximate surface area is 170 Å². The predicted molar refractivity (Wildman–Crippen MR) is 109 cm³/mol. The highest BCUT2D eigenvalue weighted by Crippen LogP contribution is 2.33. The molecule has 2 amide bonds. The third kappa shape index (κ3) is 3.55. The molecule has 1 saturated carbocycles. The van der Waals surface area contributed by atoms with Crippen molar-refractivity contribution in [3.05, 3.63) is 58.9 Å². The van der Waals surface area contributed by atoms with Crippen LogP contribution in [0.1, 0.15) is 43.5 Å². The molecule has 1 aromatic carbocycles. The zero-order valence-corrected chi connectivity index (χ0v) is 16.9. The Morgan fingerprint density at radius 2 is 1.89 bits per heavy atom. The molecule has 1 aliphatic carbocycles. The van der Waals surface area contributed by atoms with Crippen LogP contribution >= 0.6 is 11.6 Å². The second-order valence-electron chi connectivity index (χ2n) is 7.65. The zero-order chi connectivity index (χ0) is 19.7. The summed E-state index contributed by atoms with van der Waals surface area (Å²) in [4.78, 5) is 29.6. The summed E-state index contributed by atoms with van der Waals surface area (Å²) in [5, 5.41) is 0.677. The molecule has 1 aliphatic heterocycles. The van der Waals surface area contributed by atoms with Crippen LogP contribution in [0, 0.1) is 5.92 Å². The first-order valence-electron chi connectivity index (χ1n) is 10.1. The average molecular weight is 400 g/mol. The monoisotopic (exact) mass is 399 g/mol. The molecule has 28 heavy (non-hydrogen) atoms. The van der Waals surface area contributed by atoms with E-state index >= 15 is 0 Å². The van der Waals surface area contributed by atoms with Gasteiger partial charge in [0.2, 0.25) is 11.8 Å². The summed E-state index contributed by atoms with van der Waals surface area (Å²) >= 11 is 6.07. The van der Waals surface area contributed by atoms with Crippen molar-refractivity contribution in [1.29, 1.82) is 0 Å². The van der Waals surface area contributed by atoms with E-state index in [1.165, 1.54) is 0 Å². The van der Waals surface area contributed by atoms with Crippen LogP contribution in [0.5, 0.6) is 0 Å². The Morgan fingerprint density at radius 1 is 1.14 bits per heavy atom. The van der Waals surface area contributed by atoms with Crippen molar-refractivity contribution in [2.24, 2.45) is 5.92 Å². The number of likely N-dealkylation sites (N-methyl/N-ethyl adjacent to an activating group) is 1. The number of carbonyl (C=O) groups excluding carboxylic acids is 2. The van der Waals surface area contributed by atoms with Crippen molar-refractivity contribution < 1.29 is 9.59 Å². The third-order valence-corrected chi connectivity index (χ3v) is 6.27. The van der Waals surface area contributed by atoms with E-state index in [0.717, 1.165) is 37.1 Å². The molecule has 0 saturated heterocycles. The number of nitrogens with zero attached hydrogens (tertiary/aromatic N) is 3. The highest BCUT2D eigenvalue weighted by atomic mass is 35.5. The molecule has 148 valence electrons. The lowest BCUT2D eigenvalue weighted by Gasteiger charge is -2.39. The summed E-state index contributed by atoms with van der Waals surface area (Å²) in [5.74, 6) is 0.242. The quantitative estimate of drug-likeness (QED) is 0.769. The molecule has 0 N–H and O–H groups in total. The summed E-state index contributed by atoms with van der Waals surface area (Å²) < 4.78 is 2.19. The number of amides is 2. The van der Waals surface area contributed by atoms with Crippen molar-refractivity contribution in [2.75, 3.05) is 19.6 Å². The Morgan fingerprint density at radius 3 is 2.54 bits per heavy atom. The molecule has 1 aromatic heterocycles. The summed E-state index contributed by atoms with van der Waals surface area (Å²) in [7, 11) is 0. The molecule has 2 heterocycles. The molecule has 6 heteroatoms. The van der Waals surface area contributed by atoms with Crippen LogP contribution in [0.25, 0.3) is 0 Å². The first-order valence-corrected chi connectivity index (χ1v) is 10.4. The molecule has 4 rings (SSSR count). The van der Waals surface area contributed by atoms with Gasteiger partial charge < -0.3 is 14.4 Å². The first kappa shape index (κ1) is 19.1. The summed E-state index contributed by atoms with van der Waals surface area (Å²) in [6.45, 7) is 4.05. The van der Waals surface area contributed by atoms with E-state index in [2.05, 4.69) is 16.8 Å². The molecule has 1 fully saturated rings. The summed E-state index contributed by atoms with van der Waals surface area (Å²) in [5.41, 5.74) is 2.13. The van der Waals surface area contributed by atoms with Gasteiger partial charge in [-0.05, 0) is 49.6 Å². The fraction of sp³-hybridized carbons (Fsp3) is 0.455. The van der Waals surface area contributed by atoms with Gasteiger partial charge in [-0.15, -0.1) is 0 Å². The average Bonchev–Trinajstić information content (AvgIpc) is 3.13. The van der Waals surface area contributed by atoms with Gasteiger partial charge in [0.15, 0.2) is 0 Å². The number of aromatic nitrogens is 1. The number of hydrogen-bond donors (Lipinski definition) is 0. The number of rotatable bonds is 5.